The van der Waals surface area contributed by atoms with Gasteiger partial charge in [-0.1, -0.05) is 6.07 Å². The number of amides is 3. The third-order valence-corrected chi connectivity index (χ3v) is 8.40. The van der Waals surface area contributed by atoms with Crippen LogP contribution in [0.4, 0.5) is 24.2 Å². The van der Waals surface area contributed by atoms with Gasteiger partial charge in [0, 0.05) is 55.7 Å². The standard InChI is InChI=1S/C29H32F2N6O4/c1-28(2,40)22-15-33-25-21(9-8-17(16-37(22)25)23-19(30)6-3-7-20(23)31)34-26(38)36-13-10-29(11-14-36)18-5-4-12-32-24(18)35-27(39)41-29/h3-7,12,15,17,21,40H,8-11,13-14,16H2,1-2H3,(H,34,38)(H,32,35,39)/t17-,21-/m1/s1. The molecule has 2 atom stereocenters. The summed E-state index contributed by atoms with van der Waals surface area (Å²) < 4.78 is 37.1. The largest absolute Gasteiger partial charge is 0.437 e. The first kappa shape index (κ1) is 27.1. The molecule has 1 aromatic carbocycles. The van der Waals surface area contributed by atoms with Gasteiger partial charge in [0.05, 0.1) is 17.9 Å². The number of imidazole rings is 1. The number of benzene rings is 1. The highest BCUT2D eigenvalue weighted by atomic mass is 19.1. The number of nitrogens with zero attached hydrogens (tertiary/aromatic N) is 4. The zero-order chi connectivity index (χ0) is 28.9. The molecule has 3 aromatic rings. The molecule has 12 heteroatoms. The van der Waals surface area contributed by atoms with Crippen LogP contribution >= 0.6 is 0 Å². The van der Waals surface area contributed by atoms with Gasteiger partial charge >= 0.3 is 12.1 Å². The quantitative estimate of drug-likeness (QED) is 0.424. The van der Waals surface area contributed by atoms with Crippen molar-refractivity contribution in [1.29, 1.82) is 0 Å². The Bertz CT molecular complexity index is 1470. The minimum Gasteiger partial charge on any atom is -0.437 e. The van der Waals surface area contributed by atoms with Crippen molar-refractivity contribution in [1.82, 2.24) is 24.8 Å². The molecule has 6 rings (SSSR count). The Morgan fingerprint density at radius 1 is 1.15 bits per heavy atom. The van der Waals surface area contributed by atoms with Gasteiger partial charge in [0.2, 0.25) is 0 Å². The van der Waals surface area contributed by atoms with Crippen LogP contribution in [0.2, 0.25) is 0 Å². The third kappa shape index (κ3) is 4.90. The number of likely N-dealkylation sites (tertiary alicyclic amines) is 1. The second-order valence-corrected chi connectivity index (χ2v) is 11.5. The fourth-order valence-electron chi connectivity index (χ4n) is 6.34. The molecule has 3 N–H and O–H groups in total. The summed E-state index contributed by atoms with van der Waals surface area (Å²) in [5.41, 5.74) is -0.846. The van der Waals surface area contributed by atoms with Crippen molar-refractivity contribution in [3.63, 3.8) is 0 Å². The molecule has 0 unspecified atom stereocenters. The number of hydrogen-bond donors (Lipinski definition) is 3. The maximum Gasteiger partial charge on any atom is 0.413 e. The van der Waals surface area contributed by atoms with Gasteiger partial charge in [0.1, 0.15) is 34.5 Å². The Labute approximate surface area is 235 Å². The van der Waals surface area contributed by atoms with Gasteiger partial charge in [-0.2, -0.15) is 0 Å². The molecule has 3 aliphatic rings. The van der Waals surface area contributed by atoms with Crippen LogP contribution in [0.1, 0.15) is 74.1 Å². The molecule has 10 nitrogen and oxygen atoms in total. The number of anilines is 1. The maximum atomic E-state index is 14.8. The van der Waals surface area contributed by atoms with Crippen LogP contribution in [0.15, 0.2) is 42.7 Å². The topological polar surface area (TPSA) is 122 Å². The molecule has 1 saturated heterocycles. The minimum atomic E-state index is -1.26. The van der Waals surface area contributed by atoms with E-state index in [2.05, 4.69) is 20.6 Å². The SMILES string of the molecule is CC(C)(O)c1cnc2n1C[C@H](c1c(F)cccc1F)CC[C@H]2NC(=O)N1CCC2(CC1)OC(=O)Nc1ncccc12. The van der Waals surface area contributed by atoms with Crippen molar-refractivity contribution >= 4 is 17.9 Å². The van der Waals surface area contributed by atoms with E-state index in [1.807, 2.05) is 6.07 Å². The summed E-state index contributed by atoms with van der Waals surface area (Å²) in [5, 5.41) is 16.5. The Balaban J connectivity index is 1.22. The zero-order valence-electron chi connectivity index (χ0n) is 22.9. The first-order valence-electron chi connectivity index (χ1n) is 13.8. The van der Waals surface area contributed by atoms with Crippen LogP contribution < -0.4 is 10.6 Å². The molecule has 0 bridgehead atoms. The molecular formula is C29H32F2N6O4. The number of carbonyl (C=O) groups excluding carboxylic acids is 2. The highest BCUT2D eigenvalue weighted by Crippen LogP contribution is 2.43. The number of pyridine rings is 1. The summed E-state index contributed by atoms with van der Waals surface area (Å²) in [6.45, 7) is 4.13. The molecular weight excluding hydrogens is 534 g/mol. The van der Waals surface area contributed by atoms with Crippen LogP contribution in [0, 0.1) is 11.6 Å². The van der Waals surface area contributed by atoms with Crippen molar-refractivity contribution in [3.8, 4) is 0 Å². The van der Waals surface area contributed by atoms with Crippen LogP contribution in [-0.4, -0.2) is 49.8 Å². The smallest absolute Gasteiger partial charge is 0.413 e. The zero-order valence-corrected chi connectivity index (χ0v) is 22.9. The van der Waals surface area contributed by atoms with Crippen molar-refractivity contribution < 1.29 is 28.2 Å². The molecule has 0 saturated carbocycles. The van der Waals surface area contributed by atoms with Crippen LogP contribution in [0.3, 0.4) is 0 Å². The number of aliphatic hydroxyl groups is 1. The van der Waals surface area contributed by atoms with E-state index in [1.165, 1.54) is 18.2 Å². The third-order valence-electron chi connectivity index (χ3n) is 8.40. The van der Waals surface area contributed by atoms with Gasteiger partial charge in [-0.25, -0.2) is 28.3 Å². The van der Waals surface area contributed by atoms with E-state index in [1.54, 1.807) is 41.8 Å². The molecule has 0 radical (unpaired) electrons. The lowest BCUT2D eigenvalue weighted by atomic mass is 9.83. The summed E-state index contributed by atoms with van der Waals surface area (Å²) in [6, 6.07) is 6.62. The number of aromatic nitrogens is 3. The van der Waals surface area contributed by atoms with Gasteiger partial charge in [0.25, 0.3) is 0 Å². The molecule has 216 valence electrons. The molecule has 41 heavy (non-hydrogen) atoms. The summed E-state index contributed by atoms with van der Waals surface area (Å²) in [4.78, 5) is 36.2. The van der Waals surface area contributed by atoms with Gasteiger partial charge in [0.15, 0.2) is 0 Å². The van der Waals surface area contributed by atoms with Crippen LogP contribution in [0.25, 0.3) is 0 Å². The van der Waals surface area contributed by atoms with Gasteiger partial charge < -0.3 is 24.6 Å². The molecule has 5 heterocycles. The molecule has 2 aromatic heterocycles. The highest BCUT2D eigenvalue weighted by Gasteiger charge is 2.46. The summed E-state index contributed by atoms with van der Waals surface area (Å²) in [6.07, 6.45) is 4.19. The van der Waals surface area contributed by atoms with Crippen molar-refractivity contribution in [2.45, 2.75) is 69.2 Å². The first-order chi connectivity index (χ1) is 19.6. The number of rotatable bonds is 3. The van der Waals surface area contributed by atoms with Gasteiger partial charge in [-0.3, -0.25) is 5.32 Å². The lowest BCUT2D eigenvalue weighted by Gasteiger charge is -2.43. The Kier molecular flexibility index (Phi) is 6.68. The van der Waals surface area contributed by atoms with Crippen molar-refractivity contribution in [2.24, 2.45) is 0 Å². The molecule has 1 spiro atoms. The van der Waals surface area contributed by atoms with Gasteiger partial charge in [-0.15, -0.1) is 0 Å². The van der Waals surface area contributed by atoms with E-state index in [-0.39, 0.29) is 18.1 Å². The highest BCUT2D eigenvalue weighted by molar-refractivity contribution is 5.87. The molecule has 3 aliphatic heterocycles. The fourth-order valence-corrected chi connectivity index (χ4v) is 6.34. The number of halogens is 2. The lowest BCUT2D eigenvalue weighted by molar-refractivity contribution is -0.0308. The van der Waals surface area contributed by atoms with E-state index in [0.29, 0.717) is 56.1 Å². The molecule has 1 fully saturated rings. The second kappa shape index (κ2) is 10.1. The van der Waals surface area contributed by atoms with E-state index in [9.17, 15) is 23.5 Å². The average molecular weight is 567 g/mol. The van der Waals surface area contributed by atoms with Crippen molar-refractivity contribution in [2.75, 3.05) is 18.4 Å². The van der Waals surface area contributed by atoms with Crippen LogP contribution in [0.5, 0.6) is 0 Å². The Morgan fingerprint density at radius 3 is 2.59 bits per heavy atom. The number of carbonyl (C=O) groups is 2. The van der Waals surface area contributed by atoms with E-state index >= 15 is 0 Å². The lowest BCUT2D eigenvalue weighted by Crippen LogP contribution is -2.52. The summed E-state index contributed by atoms with van der Waals surface area (Å²) in [5.74, 6) is -0.778. The van der Waals surface area contributed by atoms with Crippen LogP contribution in [-0.2, 0) is 22.5 Å². The number of nitrogens with one attached hydrogen (secondary N) is 2. The number of piperidine rings is 1. The minimum absolute atomic E-state index is 0.00607. The monoisotopic (exact) mass is 566 g/mol. The molecule has 0 aliphatic carbocycles. The van der Waals surface area contributed by atoms with Gasteiger partial charge in [-0.05, 0) is 51.0 Å². The second-order valence-electron chi connectivity index (χ2n) is 11.5. The van der Waals surface area contributed by atoms with E-state index in [0.717, 1.165) is 5.56 Å². The average Bonchev–Trinajstić information content (AvgIpc) is 3.27. The van der Waals surface area contributed by atoms with E-state index < -0.39 is 40.9 Å². The van der Waals surface area contributed by atoms with Crippen molar-refractivity contribution in [3.05, 3.63) is 77.0 Å². The first-order valence-corrected chi connectivity index (χ1v) is 13.8. The fraction of sp³-hybridized carbons (Fsp3) is 0.448. The Morgan fingerprint density at radius 2 is 1.88 bits per heavy atom. The summed E-state index contributed by atoms with van der Waals surface area (Å²) in [7, 11) is 0. The normalized spacial score (nSPS) is 21.8. The summed E-state index contributed by atoms with van der Waals surface area (Å²) >= 11 is 0. The molecule has 3 amide bonds. The number of hydrogen-bond acceptors (Lipinski definition) is 6. The number of fused-ring (bicyclic) bond motifs is 3. The number of ether oxygens (including phenoxy) is 1. The maximum absolute atomic E-state index is 14.8. The predicted octanol–water partition coefficient (Wildman–Crippen LogP) is 4.67. The van der Waals surface area contributed by atoms with E-state index in [4.69, 9.17) is 4.74 Å². The number of urea groups is 1. The predicted molar refractivity (Wildman–Crippen MR) is 144 cm³/mol. The Hall–Kier alpha value is -4.06.